The first-order chi connectivity index (χ1) is 30.9. The Balaban J connectivity index is 1.51. The molecule has 1 heterocycles. The Labute approximate surface area is 392 Å². The Hall–Kier alpha value is -4.46. The number of carbonyl (C=O) groups excluding carboxylic acids is 6. The van der Waals surface area contributed by atoms with E-state index in [-0.39, 0.29) is 36.2 Å². The van der Waals surface area contributed by atoms with Crippen LogP contribution in [0.15, 0.2) is 71.8 Å². The van der Waals surface area contributed by atoms with Gasteiger partial charge in [0.25, 0.3) is 0 Å². The standard InChI is InChI=1S/C48H61NO15S2/c1-26-30(60-42(56)37(61-33(52)21-16-22-66-65-9)35(28-17-12-10-13-18-28)49-43(57)64-44(3,4)5)24-48(58)40(62-41(55)29-19-14-11-15-20-29)38-46(8,39(54)36(53)34(26)45(48,6)7)31(51)23-32-47(38,25-59-32)63-27(2)50/h10-15,17-20,30-32,35-38,40,51,53,58H,16,21-25H2,1-9H3,(H,49,57)/t30-,31-,32+,35-,36+,37+,38-,40-,46+,47-,48+/m1/s1. The Morgan fingerprint density at radius 1 is 0.970 bits per heavy atom. The monoisotopic (exact) mass is 955 g/mol. The molecule has 11 atom stereocenters. The summed E-state index contributed by atoms with van der Waals surface area (Å²) in [6.07, 6.45) is -9.29. The fourth-order valence-corrected chi connectivity index (χ4v) is 11.5. The smallest absolute Gasteiger partial charge is 0.408 e. The molecule has 360 valence electrons. The maximum atomic E-state index is 15.2. The fraction of sp³-hybridized carbons (Fsp3) is 0.583. The molecule has 66 heavy (non-hydrogen) atoms. The largest absolute Gasteiger partial charge is 0.455 e. The number of fused-ring (bicyclic) bond motifs is 5. The normalized spacial score (nSPS) is 30.9. The lowest BCUT2D eigenvalue weighted by Crippen LogP contribution is -2.81. The number of carbonyl (C=O) groups is 6. The van der Waals surface area contributed by atoms with E-state index in [1.54, 1.807) is 83.1 Å². The average molecular weight is 956 g/mol. The van der Waals surface area contributed by atoms with E-state index < -0.39 is 118 Å². The zero-order chi connectivity index (χ0) is 48.6. The van der Waals surface area contributed by atoms with Crippen molar-refractivity contribution >= 4 is 57.3 Å². The van der Waals surface area contributed by atoms with Crippen LogP contribution in [0.25, 0.3) is 0 Å². The highest BCUT2D eigenvalue weighted by molar-refractivity contribution is 8.76. The SMILES string of the molecule is CSSCCCC(=O)O[C@H](C(=O)O[C@@H]1C[C@]2(O)[C@H](OC(=O)c3ccccc3)[C@H]3[C@@]4(OC(C)=O)CO[C@H]4C[C@@H](O)[C@]3(C)C(=O)[C@@H](O)C(=C1C)C2(C)C)[C@H](NC(=O)OC(C)(C)C)c1ccccc1. The lowest BCUT2D eigenvalue weighted by Gasteiger charge is -2.67. The van der Waals surface area contributed by atoms with Gasteiger partial charge in [-0.15, -0.1) is 0 Å². The highest BCUT2D eigenvalue weighted by Crippen LogP contribution is 2.64. The molecule has 0 unspecified atom stereocenters. The molecule has 4 aliphatic rings. The number of esters is 4. The summed E-state index contributed by atoms with van der Waals surface area (Å²) in [7, 11) is 3.06. The average Bonchev–Trinajstić information content (AvgIpc) is 3.24. The second kappa shape index (κ2) is 19.6. The van der Waals surface area contributed by atoms with Gasteiger partial charge in [-0.1, -0.05) is 84.0 Å². The van der Waals surface area contributed by atoms with Crippen LogP contribution in [-0.2, 0) is 47.6 Å². The van der Waals surface area contributed by atoms with Crippen LogP contribution >= 0.6 is 21.6 Å². The molecule has 2 bridgehead atoms. The molecule has 2 saturated carbocycles. The van der Waals surface area contributed by atoms with Crippen molar-refractivity contribution in [3.05, 3.63) is 82.9 Å². The van der Waals surface area contributed by atoms with E-state index in [9.17, 15) is 39.3 Å². The van der Waals surface area contributed by atoms with Crippen molar-refractivity contribution in [2.24, 2.45) is 16.7 Å². The number of ether oxygens (including phenoxy) is 6. The van der Waals surface area contributed by atoms with Crippen molar-refractivity contribution in [3.63, 3.8) is 0 Å². The minimum Gasteiger partial charge on any atom is -0.455 e. The number of rotatable bonds is 14. The van der Waals surface area contributed by atoms with E-state index in [1.165, 1.54) is 47.6 Å². The highest BCUT2D eigenvalue weighted by Gasteiger charge is 2.78. The first-order valence-corrected chi connectivity index (χ1v) is 24.7. The van der Waals surface area contributed by atoms with Crippen molar-refractivity contribution < 1.29 is 72.5 Å². The van der Waals surface area contributed by atoms with Gasteiger partial charge in [0, 0.05) is 37.4 Å². The molecular formula is C48H61NO15S2. The molecule has 0 aromatic heterocycles. The molecule has 2 aromatic rings. The number of benzene rings is 2. The molecule has 18 heteroatoms. The van der Waals surface area contributed by atoms with E-state index in [0.29, 0.717) is 17.7 Å². The second-order valence-electron chi connectivity index (χ2n) is 19.1. The van der Waals surface area contributed by atoms with Gasteiger partial charge in [0.05, 0.1) is 29.6 Å². The van der Waals surface area contributed by atoms with E-state index in [4.69, 9.17) is 28.4 Å². The maximum Gasteiger partial charge on any atom is 0.408 e. The topological polar surface area (TPSA) is 231 Å². The van der Waals surface area contributed by atoms with E-state index in [2.05, 4.69) is 5.32 Å². The van der Waals surface area contributed by atoms with Gasteiger partial charge in [0.15, 0.2) is 11.4 Å². The lowest BCUT2D eigenvalue weighted by molar-refractivity contribution is -0.346. The van der Waals surface area contributed by atoms with Gasteiger partial charge in [-0.3, -0.25) is 14.4 Å². The van der Waals surface area contributed by atoms with Crippen LogP contribution in [0.4, 0.5) is 4.79 Å². The van der Waals surface area contributed by atoms with Crippen LogP contribution in [0.1, 0.15) is 103 Å². The third kappa shape index (κ3) is 9.63. The summed E-state index contributed by atoms with van der Waals surface area (Å²) >= 11 is 0. The van der Waals surface area contributed by atoms with Crippen molar-refractivity contribution in [3.8, 4) is 0 Å². The van der Waals surface area contributed by atoms with Crippen molar-refractivity contribution in [2.45, 2.75) is 141 Å². The minimum atomic E-state index is -2.40. The zero-order valence-corrected chi connectivity index (χ0v) is 40.3. The summed E-state index contributed by atoms with van der Waals surface area (Å²) in [6.45, 7) is 11.8. The van der Waals surface area contributed by atoms with Gasteiger partial charge < -0.3 is 49.1 Å². The number of aliphatic hydroxyl groups is 3. The molecule has 3 aliphatic carbocycles. The molecule has 16 nitrogen and oxygen atoms in total. The predicted octanol–water partition coefficient (Wildman–Crippen LogP) is 5.60. The number of hydrogen-bond acceptors (Lipinski definition) is 17. The first-order valence-electron chi connectivity index (χ1n) is 21.9. The molecular weight excluding hydrogens is 895 g/mol. The molecule has 1 aliphatic heterocycles. The summed E-state index contributed by atoms with van der Waals surface area (Å²) in [4.78, 5) is 84.4. The predicted molar refractivity (Wildman–Crippen MR) is 243 cm³/mol. The molecule has 1 amide bonds. The molecule has 6 rings (SSSR count). The number of ketones is 1. The minimum absolute atomic E-state index is 0.0696. The third-order valence-electron chi connectivity index (χ3n) is 13.5. The van der Waals surface area contributed by atoms with E-state index >= 15 is 4.79 Å². The lowest BCUT2D eigenvalue weighted by atomic mass is 9.44. The van der Waals surface area contributed by atoms with Crippen molar-refractivity contribution in [1.82, 2.24) is 5.32 Å². The second-order valence-corrected chi connectivity index (χ2v) is 21.8. The van der Waals surface area contributed by atoms with Crippen LogP contribution in [0.5, 0.6) is 0 Å². The number of aliphatic hydroxyl groups excluding tert-OH is 2. The summed E-state index contributed by atoms with van der Waals surface area (Å²) in [5.74, 6) is -5.52. The van der Waals surface area contributed by atoms with Crippen LogP contribution in [0, 0.1) is 16.7 Å². The maximum absolute atomic E-state index is 15.2. The summed E-state index contributed by atoms with van der Waals surface area (Å²) in [5.41, 5.74) is -8.35. The number of amides is 1. The van der Waals surface area contributed by atoms with Crippen molar-refractivity contribution in [2.75, 3.05) is 18.6 Å². The van der Waals surface area contributed by atoms with Crippen LogP contribution in [0.3, 0.4) is 0 Å². The Kier molecular flexibility index (Phi) is 15.2. The summed E-state index contributed by atoms with van der Waals surface area (Å²) in [5, 5.41) is 40.7. The zero-order valence-electron chi connectivity index (χ0n) is 38.7. The molecule has 4 N–H and O–H groups in total. The van der Waals surface area contributed by atoms with E-state index in [0.717, 1.165) is 6.92 Å². The molecule has 0 radical (unpaired) electrons. The van der Waals surface area contributed by atoms with E-state index in [1.807, 2.05) is 6.26 Å². The quantitative estimate of drug-likeness (QED) is 0.0594. The van der Waals surface area contributed by atoms with Gasteiger partial charge in [-0.25, -0.2) is 14.4 Å². The molecule has 2 aromatic carbocycles. The van der Waals surface area contributed by atoms with Gasteiger partial charge in [0.1, 0.15) is 41.7 Å². The van der Waals surface area contributed by atoms with Gasteiger partial charge >= 0.3 is 30.0 Å². The molecule has 1 saturated heterocycles. The number of nitrogens with one attached hydrogen (secondary N) is 1. The van der Waals surface area contributed by atoms with Crippen LogP contribution < -0.4 is 5.32 Å². The van der Waals surface area contributed by atoms with Crippen LogP contribution in [0.2, 0.25) is 0 Å². The number of hydrogen-bond donors (Lipinski definition) is 4. The number of alkyl carbamates (subject to hydrolysis) is 1. The van der Waals surface area contributed by atoms with Crippen LogP contribution in [-0.4, -0.2) is 123 Å². The first kappa shape index (κ1) is 50.9. The van der Waals surface area contributed by atoms with Gasteiger partial charge in [0.2, 0.25) is 6.10 Å². The summed E-state index contributed by atoms with van der Waals surface area (Å²) in [6, 6.07) is 14.7. The number of Topliss-reactive ketones (excluding diaryl/α,β-unsaturated/α-hetero) is 1. The molecule has 0 spiro atoms. The highest BCUT2D eigenvalue weighted by atomic mass is 33.1. The molecule has 3 fully saturated rings. The van der Waals surface area contributed by atoms with Gasteiger partial charge in [-0.2, -0.15) is 0 Å². The Morgan fingerprint density at radius 2 is 1.61 bits per heavy atom. The van der Waals surface area contributed by atoms with Gasteiger partial charge in [-0.05, 0) is 76.1 Å². The Morgan fingerprint density at radius 3 is 2.18 bits per heavy atom. The van der Waals surface area contributed by atoms with Crippen molar-refractivity contribution in [1.29, 1.82) is 0 Å². The fourth-order valence-electron chi connectivity index (χ4n) is 10.2. The third-order valence-corrected chi connectivity index (χ3v) is 15.4. The summed E-state index contributed by atoms with van der Waals surface area (Å²) < 4.78 is 36.1. The Bertz CT molecular complexity index is 2200.